The van der Waals surface area contributed by atoms with E-state index in [1.54, 1.807) is 6.08 Å². The lowest BCUT2D eigenvalue weighted by atomic mass is 9.80. The van der Waals surface area contributed by atoms with Gasteiger partial charge in [0, 0.05) is 25.2 Å². The van der Waals surface area contributed by atoms with E-state index in [0.29, 0.717) is 12.8 Å². The molecule has 0 heterocycles. The molecule has 2 amide bonds. The highest BCUT2D eigenvalue weighted by molar-refractivity contribution is 5.90. The zero-order chi connectivity index (χ0) is 24.1. The van der Waals surface area contributed by atoms with E-state index >= 15 is 0 Å². The van der Waals surface area contributed by atoms with Crippen molar-refractivity contribution in [2.24, 2.45) is 17.3 Å². The number of Topliss-reactive ketones (excluding diaryl/α,β-unsaturated/α-hetero) is 1. The summed E-state index contributed by atoms with van der Waals surface area (Å²) in [6.45, 7) is 7.69. The maximum absolute atomic E-state index is 12.4. The molecule has 0 aromatic carbocycles. The number of carbonyl (C=O) groups is 3. The van der Waals surface area contributed by atoms with Gasteiger partial charge in [0.05, 0.1) is 18.8 Å². The monoisotopic (exact) mass is 451 g/mol. The first kappa shape index (κ1) is 28.0. The number of amides is 2. The fourth-order valence-electron chi connectivity index (χ4n) is 3.87. The number of ether oxygens (including phenoxy) is 1. The Kier molecular flexibility index (Phi) is 12.5. The number of hydrogen-bond donors (Lipinski definition) is 3. The Morgan fingerprint density at radius 2 is 1.97 bits per heavy atom. The third kappa shape index (κ3) is 10.1. The highest BCUT2D eigenvalue weighted by atomic mass is 16.5. The van der Waals surface area contributed by atoms with Gasteiger partial charge in [-0.3, -0.25) is 14.9 Å². The molecule has 1 fully saturated rings. The minimum absolute atomic E-state index is 0.0569. The highest BCUT2D eigenvalue weighted by Gasteiger charge is 2.39. The molecule has 0 aliphatic heterocycles. The van der Waals surface area contributed by atoms with Gasteiger partial charge in [-0.25, -0.2) is 4.79 Å². The SMILES string of the molecule is CCCCC(C)(C)[C@H](O)C=C[C@H]1[C@H](O)CC(=O)[C@@H]1CC=CCCCCOC(=O)NC(C)=O. The number of ketones is 1. The summed E-state index contributed by atoms with van der Waals surface area (Å²) in [5.74, 6) is -0.951. The van der Waals surface area contributed by atoms with Crippen LogP contribution in [0.1, 0.15) is 79.1 Å². The first-order valence-electron chi connectivity index (χ1n) is 11.7. The van der Waals surface area contributed by atoms with Gasteiger partial charge >= 0.3 is 6.09 Å². The molecule has 0 radical (unpaired) electrons. The van der Waals surface area contributed by atoms with Crippen molar-refractivity contribution < 1.29 is 29.3 Å². The lowest BCUT2D eigenvalue weighted by Crippen LogP contribution is -2.28. The van der Waals surface area contributed by atoms with E-state index in [1.807, 2.05) is 37.4 Å². The van der Waals surface area contributed by atoms with Gasteiger partial charge in [0.1, 0.15) is 5.78 Å². The number of imide groups is 1. The molecular formula is C25H41NO6. The minimum Gasteiger partial charge on any atom is -0.449 e. The molecule has 1 aliphatic rings. The van der Waals surface area contributed by atoms with Crippen LogP contribution in [0.2, 0.25) is 0 Å². The lowest BCUT2D eigenvalue weighted by molar-refractivity contribution is -0.121. The minimum atomic E-state index is -0.732. The molecule has 3 N–H and O–H groups in total. The van der Waals surface area contributed by atoms with Crippen LogP contribution in [0.15, 0.2) is 24.3 Å². The molecule has 7 nitrogen and oxygen atoms in total. The van der Waals surface area contributed by atoms with Gasteiger partial charge in [-0.1, -0.05) is 57.9 Å². The van der Waals surface area contributed by atoms with Crippen LogP contribution in [-0.4, -0.2) is 46.8 Å². The van der Waals surface area contributed by atoms with Crippen LogP contribution in [0, 0.1) is 17.3 Å². The van der Waals surface area contributed by atoms with Gasteiger partial charge in [-0.05, 0) is 37.5 Å². The van der Waals surface area contributed by atoms with Crippen molar-refractivity contribution in [3.05, 3.63) is 24.3 Å². The van der Waals surface area contributed by atoms with Crippen LogP contribution in [0.5, 0.6) is 0 Å². The smallest absolute Gasteiger partial charge is 0.413 e. The summed E-state index contributed by atoms with van der Waals surface area (Å²) in [7, 11) is 0. The number of unbranched alkanes of at least 4 members (excludes halogenated alkanes) is 3. The van der Waals surface area contributed by atoms with Gasteiger partial charge in [0.2, 0.25) is 5.91 Å². The highest BCUT2D eigenvalue weighted by Crippen LogP contribution is 2.35. The Balaban J connectivity index is 2.45. The number of aliphatic hydroxyl groups excluding tert-OH is 2. The third-order valence-electron chi connectivity index (χ3n) is 6.06. The van der Waals surface area contributed by atoms with Crippen LogP contribution >= 0.6 is 0 Å². The van der Waals surface area contributed by atoms with Crippen LogP contribution in [0.3, 0.4) is 0 Å². The van der Waals surface area contributed by atoms with Crippen LogP contribution in [-0.2, 0) is 14.3 Å². The van der Waals surface area contributed by atoms with Crippen molar-refractivity contribution in [1.82, 2.24) is 5.32 Å². The molecule has 32 heavy (non-hydrogen) atoms. The summed E-state index contributed by atoms with van der Waals surface area (Å²) in [6, 6.07) is 0. The average molecular weight is 452 g/mol. The lowest BCUT2D eigenvalue weighted by Gasteiger charge is -2.29. The van der Waals surface area contributed by atoms with Crippen molar-refractivity contribution >= 4 is 17.8 Å². The molecule has 7 heteroatoms. The van der Waals surface area contributed by atoms with Gasteiger partial charge < -0.3 is 14.9 Å². The molecular weight excluding hydrogens is 410 g/mol. The maximum Gasteiger partial charge on any atom is 0.413 e. The molecule has 1 rings (SSSR count). The van der Waals surface area contributed by atoms with Crippen molar-refractivity contribution in [2.75, 3.05) is 6.61 Å². The molecule has 0 unspecified atom stereocenters. The summed E-state index contributed by atoms with van der Waals surface area (Å²) < 4.78 is 4.88. The van der Waals surface area contributed by atoms with E-state index in [0.717, 1.165) is 32.1 Å². The van der Waals surface area contributed by atoms with Crippen LogP contribution < -0.4 is 5.32 Å². The summed E-state index contributed by atoms with van der Waals surface area (Å²) >= 11 is 0. The molecule has 0 aromatic heterocycles. The Hall–Kier alpha value is -1.99. The van der Waals surface area contributed by atoms with Crippen molar-refractivity contribution in [2.45, 2.75) is 91.3 Å². The quantitative estimate of drug-likeness (QED) is 0.287. The molecule has 182 valence electrons. The second-order valence-corrected chi connectivity index (χ2v) is 9.36. The summed E-state index contributed by atoms with van der Waals surface area (Å²) in [5, 5.41) is 23.0. The second-order valence-electron chi connectivity index (χ2n) is 9.36. The maximum atomic E-state index is 12.4. The Morgan fingerprint density at radius 1 is 1.25 bits per heavy atom. The number of carbonyl (C=O) groups excluding carboxylic acids is 3. The zero-order valence-corrected chi connectivity index (χ0v) is 20.0. The molecule has 0 aromatic rings. The summed E-state index contributed by atoms with van der Waals surface area (Å²) in [6.07, 6.45) is 11.5. The number of allylic oxidation sites excluding steroid dienone is 2. The molecule has 1 aliphatic carbocycles. The Labute approximate surface area is 192 Å². The number of alkyl carbamates (subject to hydrolysis) is 1. The zero-order valence-electron chi connectivity index (χ0n) is 20.0. The second kappa shape index (κ2) is 14.2. The van der Waals surface area contributed by atoms with E-state index < -0.39 is 24.2 Å². The fourth-order valence-corrected chi connectivity index (χ4v) is 3.87. The van der Waals surface area contributed by atoms with Crippen molar-refractivity contribution in [3.63, 3.8) is 0 Å². The first-order chi connectivity index (χ1) is 15.1. The van der Waals surface area contributed by atoms with E-state index in [9.17, 15) is 24.6 Å². The normalized spacial score (nSPS) is 22.6. The first-order valence-corrected chi connectivity index (χ1v) is 11.7. The molecule has 1 saturated carbocycles. The number of hydrogen-bond acceptors (Lipinski definition) is 6. The molecule has 0 spiro atoms. The largest absolute Gasteiger partial charge is 0.449 e. The summed E-state index contributed by atoms with van der Waals surface area (Å²) in [5.41, 5.74) is -0.244. The Bertz CT molecular complexity index is 669. The van der Waals surface area contributed by atoms with E-state index in [1.165, 1.54) is 6.92 Å². The predicted octanol–water partition coefficient (Wildman–Crippen LogP) is 4.08. The van der Waals surface area contributed by atoms with E-state index in [-0.39, 0.29) is 36.1 Å². The molecule has 0 bridgehead atoms. The summed E-state index contributed by atoms with van der Waals surface area (Å²) in [4.78, 5) is 34.2. The third-order valence-corrected chi connectivity index (χ3v) is 6.06. The van der Waals surface area contributed by atoms with Crippen LogP contribution in [0.25, 0.3) is 0 Å². The topological polar surface area (TPSA) is 113 Å². The van der Waals surface area contributed by atoms with Gasteiger partial charge in [0.25, 0.3) is 0 Å². The number of aliphatic hydroxyl groups is 2. The predicted molar refractivity (Wildman–Crippen MR) is 124 cm³/mol. The molecule has 0 saturated heterocycles. The molecule has 4 atom stereocenters. The number of rotatable bonds is 13. The van der Waals surface area contributed by atoms with E-state index in [2.05, 4.69) is 6.92 Å². The van der Waals surface area contributed by atoms with Gasteiger partial charge in [0.15, 0.2) is 0 Å². The van der Waals surface area contributed by atoms with E-state index in [4.69, 9.17) is 4.74 Å². The van der Waals surface area contributed by atoms with Crippen molar-refractivity contribution in [1.29, 1.82) is 0 Å². The Morgan fingerprint density at radius 3 is 2.62 bits per heavy atom. The van der Waals surface area contributed by atoms with Crippen LogP contribution in [0.4, 0.5) is 4.79 Å². The van der Waals surface area contributed by atoms with Gasteiger partial charge in [-0.2, -0.15) is 0 Å². The number of nitrogens with one attached hydrogen (secondary N) is 1. The average Bonchev–Trinajstić information content (AvgIpc) is 2.98. The fraction of sp³-hybridized carbons (Fsp3) is 0.720. The van der Waals surface area contributed by atoms with Gasteiger partial charge in [-0.15, -0.1) is 0 Å². The standard InChI is InChI=1S/C25H41NO6/c1-5-6-15-25(3,4)23(30)14-13-20-19(21(28)17-22(20)29)12-10-8-7-9-11-16-32-24(31)26-18(2)27/h8,10,13-14,19-20,22-23,29-30H,5-7,9,11-12,15-17H2,1-4H3,(H,26,27,31)/t19-,20-,22-,23-/m1/s1. The van der Waals surface area contributed by atoms with Crippen molar-refractivity contribution in [3.8, 4) is 0 Å².